The summed E-state index contributed by atoms with van der Waals surface area (Å²) in [5.74, 6) is 1.26. The molecule has 0 fully saturated rings. The average Bonchev–Trinajstić information content (AvgIpc) is 3.73. The topological polar surface area (TPSA) is 112 Å². The van der Waals surface area contributed by atoms with Crippen molar-refractivity contribution in [2.75, 3.05) is 0 Å². The zero-order chi connectivity index (χ0) is 31.2. The van der Waals surface area contributed by atoms with Gasteiger partial charge in [0.15, 0.2) is 0 Å². The van der Waals surface area contributed by atoms with Crippen LogP contribution in [0.4, 0.5) is 0 Å². The molecule has 1 aliphatic heterocycles. The smallest absolute Gasteiger partial charge is 0.257 e. The van der Waals surface area contributed by atoms with E-state index in [0.29, 0.717) is 18.8 Å². The molecule has 0 saturated carbocycles. The first-order valence-electron chi connectivity index (χ1n) is 15.1. The van der Waals surface area contributed by atoms with Crippen LogP contribution in [0.1, 0.15) is 85.4 Å². The Labute approximate surface area is 261 Å². The predicted octanol–water partition coefficient (Wildman–Crippen LogP) is 6.57. The van der Waals surface area contributed by atoms with Crippen LogP contribution in [0.15, 0.2) is 59.4 Å². The third-order valence-electron chi connectivity index (χ3n) is 8.79. The number of rotatable bonds is 9. The van der Waals surface area contributed by atoms with Gasteiger partial charge in [-0.25, -0.2) is 4.98 Å². The Morgan fingerprint density at radius 1 is 0.977 bits per heavy atom. The summed E-state index contributed by atoms with van der Waals surface area (Å²) in [7, 11) is 0. The number of nitrogens with one attached hydrogen (secondary N) is 1. The van der Waals surface area contributed by atoms with Crippen LogP contribution in [-0.2, 0) is 35.7 Å². The van der Waals surface area contributed by atoms with Gasteiger partial charge >= 0.3 is 0 Å². The molecular formula is C34H38N7O2S. The molecule has 0 spiro atoms. The summed E-state index contributed by atoms with van der Waals surface area (Å²) in [6, 6.07) is 18.4. The number of hydrogen-bond donors (Lipinski definition) is 1. The quantitative estimate of drug-likeness (QED) is 0.202. The van der Waals surface area contributed by atoms with Crippen LogP contribution in [0.2, 0.25) is 0 Å². The van der Waals surface area contributed by atoms with Gasteiger partial charge < -0.3 is 0 Å². The fraction of sp³-hybridized carbons (Fsp3) is 0.382. The molecule has 0 bridgehead atoms. The maximum atomic E-state index is 14.2. The molecule has 0 unspecified atom stereocenters. The molecule has 1 N–H and O–H groups in total. The Hall–Kier alpha value is -3.99. The van der Waals surface area contributed by atoms with Gasteiger partial charge in [-0.05, 0) is 81.0 Å². The van der Waals surface area contributed by atoms with E-state index < -0.39 is 11.1 Å². The molecule has 1 radical (unpaired) electrons. The third-order valence-corrected chi connectivity index (χ3v) is 10.2. The Kier molecular flexibility index (Phi) is 7.85. The predicted molar refractivity (Wildman–Crippen MR) is 172 cm³/mol. The number of unbranched alkanes of at least 4 members (excludes halogenated alkanes) is 1. The van der Waals surface area contributed by atoms with Gasteiger partial charge in [-0.3, -0.25) is 9.36 Å². The zero-order valence-electron chi connectivity index (χ0n) is 26.1. The van der Waals surface area contributed by atoms with Gasteiger partial charge in [0.05, 0.1) is 23.3 Å². The number of hydrogen-bond acceptors (Lipinski definition) is 7. The van der Waals surface area contributed by atoms with E-state index in [-0.39, 0.29) is 5.56 Å². The highest BCUT2D eigenvalue weighted by Crippen LogP contribution is 2.52. The van der Waals surface area contributed by atoms with Crippen LogP contribution in [-0.4, -0.2) is 35.2 Å². The number of H-pyrrole nitrogens is 1. The van der Waals surface area contributed by atoms with Crippen LogP contribution in [0.25, 0.3) is 22.5 Å². The number of nitrogens with zero attached hydrogens (tertiary/aromatic N) is 6. The molecule has 9 nitrogen and oxygen atoms in total. The first-order valence-corrected chi connectivity index (χ1v) is 16.0. The van der Waals surface area contributed by atoms with Crippen molar-refractivity contribution in [3.05, 3.63) is 103 Å². The number of fused-ring (bicyclic) bond motifs is 1. The van der Waals surface area contributed by atoms with Crippen LogP contribution in [0.5, 0.6) is 0 Å². The van der Waals surface area contributed by atoms with Gasteiger partial charge in [0.25, 0.3) is 5.56 Å². The highest BCUT2D eigenvalue weighted by molar-refractivity contribution is 7.12. The summed E-state index contributed by atoms with van der Waals surface area (Å²) in [6.07, 6.45) is 3.28. The summed E-state index contributed by atoms with van der Waals surface area (Å²) in [5.41, 5.74) is 5.47. The van der Waals surface area contributed by atoms with Crippen LogP contribution in [0.3, 0.4) is 0 Å². The minimum Gasteiger partial charge on any atom is -0.291 e. The lowest BCUT2D eigenvalue weighted by molar-refractivity contribution is -0.265. The number of benzene rings is 2. The molecule has 0 atom stereocenters. The van der Waals surface area contributed by atoms with E-state index >= 15 is 0 Å². The Bertz CT molecular complexity index is 1820. The van der Waals surface area contributed by atoms with Gasteiger partial charge in [0.1, 0.15) is 5.82 Å². The van der Waals surface area contributed by atoms with Crippen molar-refractivity contribution in [3.8, 4) is 22.5 Å². The number of thiophene rings is 1. The molecule has 3 aromatic heterocycles. The van der Waals surface area contributed by atoms with Crippen molar-refractivity contribution in [1.29, 1.82) is 0 Å². The van der Waals surface area contributed by atoms with Crippen molar-refractivity contribution < 1.29 is 5.21 Å². The maximum absolute atomic E-state index is 14.2. The van der Waals surface area contributed by atoms with E-state index in [1.807, 2.05) is 58.9 Å². The van der Waals surface area contributed by atoms with Crippen LogP contribution in [0, 0.1) is 6.92 Å². The normalized spacial score (nSPS) is 15.5. The number of hydroxylamine groups is 2. The largest absolute Gasteiger partial charge is 0.291 e. The minimum absolute atomic E-state index is 0.00710. The molecule has 5 aromatic rings. The second-order valence-electron chi connectivity index (χ2n) is 12.6. The molecule has 227 valence electrons. The van der Waals surface area contributed by atoms with E-state index in [9.17, 15) is 10.0 Å². The summed E-state index contributed by atoms with van der Waals surface area (Å²) in [4.78, 5) is 21.3. The van der Waals surface area contributed by atoms with E-state index in [4.69, 9.17) is 4.98 Å². The van der Waals surface area contributed by atoms with Gasteiger partial charge in [0, 0.05) is 27.3 Å². The van der Waals surface area contributed by atoms with Gasteiger partial charge in [-0.1, -0.05) is 61.9 Å². The molecule has 2 aromatic carbocycles. The van der Waals surface area contributed by atoms with E-state index in [1.54, 1.807) is 15.9 Å². The fourth-order valence-electron chi connectivity index (χ4n) is 6.37. The first kappa shape index (κ1) is 30.1. The number of aromatic nitrogens is 6. The molecule has 6 rings (SSSR count). The monoisotopic (exact) mass is 608 g/mol. The van der Waals surface area contributed by atoms with Crippen LogP contribution >= 0.6 is 11.3 Å². The SMILES string of the molecule is CCCCc1nc(C)n(Cc2cc3c(s2)C(C)(C)N([O])C3(C)C)c(=O)c1Cc1ccc(-c2ccccc2-c2nn[nH]n2)cc1. The van der Waals surface area contributed by atoms with Crippen molar-refractivity contribution in [2.24, 2.45) is 0 Å². The molecule has 1 aliphatic rings. The Morgan fingerprint density at radius 3 is 2.36 bits per heavy atom. The number of aromatic amines is 1. The van der Waals surface area contributed by atoms with E-state index in [0.717, 1.165) is 73.9 Å². The highest BCUT2D eigenvalue weighted by atomic mass is 32.1. The lowest BCUT2D eigenvalue weighted by atomic mass is 9.96. The van der Waals surface area contributed by atoms with Crippen molar-refractivity contribution in [1.82, 2.24) is 35.2 Å². The standard InChI is InChI=1S/C34H38N7O2S/c1-7-8-13-29-27(18-22-14-16-23(17-15-22)25-11-9-10-12-26(25)31-36-38-39-37-31)32(42)40(21(2)35-29)20-24-19-28-30(44-24)34(5,6)41(43)33(28,3)4/h9-12,14-17,19H,7-8,13,18,20H2,1-6H3,(H,36,37,38,39). The molecular weight excluding hydrogens is 570 g/mol. The Morgan fingerprint density at radius 2 is 1.70 bits per heavy atom. The minimum atomic E-state index is -0.612. The van der Waals surface area contributed by atoms with E-state index in [1.165, 1.54) is 5.06 Å². The number of tetrazole rings is 1. The molecule has 0 amide bonds. The molecule has 0 aliphatic carbocycles. The van der Waals surface area contributed by atoms with Crippen molar-refractivity contribution in [2.45, 2.75) is 84.8 Å². The van der Waals surface area contributed by atoms with Gasteiger partial charge in [-0.2, -0.15) is 5.21 Å². The summed E-state index contributed by atoms with van der Waals surface area (Å²) >= 11 is 1.63. The highest BCUT2D eigenvalue weighted by Gasteiger charge is 2.51. The van der Waals surface area contributed by atoms with Crippen molar-refractivity contribution in [3.63, 3.8) is 0 Å². The maximum Gasteiger partial charge on any atom is 0.257 e. The second kappa shape index (κ2) is 11.5. The molecule has 4 heterocycles. The summed E-state index contributed by atoms with van der Waals surface area (Å²) < 4.78 is 1.80. The van der Waals surface area contributed by atoms with Gasteiger partial charge in [0.2, 0.25) is 5.82 Å². The average molecular weight is 609 g/mol. The summed E-state index contributed by atoms with van der Waals surface area (Å²) in [6.45, 7) is 12.4. The van der Waals surface area contributed by atoms with Gasteiger partial charge in [-0.15, -0.1) is 31.8 Å². The fourth-order valence-corrected chi connectivity index (χ4v) is 7.75. The Balaban J connectivity index is 1.33. The van der Waals surface area contributed by atoms with E-state index in [2.05, 4.69) is 57.9 Å². The number of aryl methyl sites for hydroxylation is 2. The lowest BCUT2D eigenvalue weighted by Gasteiger charge is -2.32. The van der Waals surface area contributed by atoms with Crippen LogP contribution < -0.4 is 5.56 Å². The zero-order valence-corrected chi connectivity index (χ0v) is 27.0. The molecule has 10 heteroatoms. The second-order valence-corrected chi connectivity index (χ2v) is 13.7. The first-order chi connectivity index (χ1) is 21.0. The molecule has 0 saturated heterocycles. The molecule has 44 heavy (non-hydrogen) atoms. The summed E-state index contributed by atoms with van der Waals surface area (Å²) in [5, 5.41) is 28.8. The van der Waals surface area contributed by atoms with Crippen molar-refractivity contribution >= 4 is 11.3 Å². The lowest BCUT2D eigenvalue weighted by Crippen LogP contribution is -2.41. The third kappa shape index (κ3) is 5.21.